The Morgan fingerprint density at radius 2 is 1.49 bits per heavy atom. The van der Waals surface area contributed by atoms with E-state index in [1.54, 1.807) is 0 Å². The van der Waals surface area contributed by atoms with E-state index in [0.29, 0.717) is 34.5 Å². The second-order valence-corrected chi connectivity index (χ2v) is 20.2. The van der Waals surface area contributed by atoms with Crippen LogP contribution in [0, 0.1) is 46.3 Å². The normalized spacial score (nSPS) is 44.5. The predicted molar refractivity (Wildman–Crippen MR) is 169 cm³/mol. The number of rotatable bonds is 8. The van der Waals surface area contributed by atoms with Crippen LogP contribution in [0.1, 0.15) is 132 Å². The number of hydrogen-bond acceptors (Lipinski definition) is 3. The van der Waals surface area contributed by atoms with E-state index in [9.17, 15) is 5.11 Å². The highest BCUT2D eigenvalue weighted by Crippen LogP contribution is 2.68. The molecule has 0 aromatic heterocycles. The van der Waals surface area contributed by atoms with Gasteiger partial charge in [0.2, 0.25) is 0 Å². The van der Waals surface area contributed by atoms with E-state index in [2.05, 4.69) is 54.1 Å². The van der Waals surface area contributed by atoms with Crippen LogP contribution in [-0.4, -0.2) is 47.3 Å². The summed E-state index contributed by atoms with van der Waals surface area (Å²) in [6, 6.07) is 0. The van der Waals surface area contributed by atoms with Gasteiger partial charge >= 0.3 is 0 Å². The summed E-state index contributed by atoms with van der Waals surface area (Å²) in [7, 11) is -1.05. The van der Waals surface area contributed by atoms with E-state index in [0.717, 1.165) is 37.9 Å². The summed E-state index contributed by atoms with van der Waals surface area (Å²) in [5, 5.41) is 11.7. The van der Waals surface area contributed by atoms with Crippen LogP contribution in [0.15, 0.2) is 0 Å². The number of aliphatic hydroxyl groups excluding tert-OH is 1. The van der Waals surface area contributed by atoms with Gasteiger partial charge in [-0.25, -0.2) is 0 Å². The SMILES string of the molecule is CC.CC1(OCCC2CC2)CCC2(C)C3CCC4(C)C(CCOS(C)(C)C(C)(C)C)CCC4C3C(O)C[C@H]2C1. The van der Waals surface area contributed by atoms with Gasteiger partial charge in [-0.3, -0.25) is 0 Å². The molecule has 5 rings (SSSR count). The first-order valence-electron chi connectivity index (χ1n) is 16.9. The Morgan fingerprint density at radius 1 is 0.821 bits per heavy atom. The fourth-order valence-electron chi connectivity index (χ4n) is 9.55. The van der Waals surface area contributed by atoms with E-state index >= 15 is 0 Å². The molecule has 9 atom stereocenters. The highest BCUT2D eigenvalue weighted by Gasteiger charge is 2.63. The molecule has 0 amide bonds. The van der Waals surface area contributed by atoms with E-state index < -0.39 is 10.3 Å². The molecule has 39 heavy (non-hydrogen) atoms. The van der Waals surface area contributed by atoms with Crippen LogP contribution in [0.3, 0.4) is 0 Å². The van der Waals surface area contributed by atoms with E-state index in [-0.39, 0.29) is 16.5 Å². The molecule has 0 heterocycles. The molecule has 0 aliphatic heterocycles. The molecule has 5 fully saturated rings. The number of fused-ring (bicyclic) bond motifs is 5. The predicted octanol–water partition coefficient (Wildman–Crippen LogP) is 9.40. The maximum absolute atomic E-state index is 11.7. The molecule has 0 radical (unpaired) electrons. The van der Waals surface area contributed by atoms with Gasteiger partial charge in [0.15, 0.2) is 0 Å². The van der Waals surface area contributed by atoms with Gasteiger partial charge in [-0.2, -0.15) is 0 Å². The Labute approximate surface area is 244 Å². The molecule has 0 aromatic carbocycles. The first kappa shape index (κ1) is 32.2. The van der Waals surface area contributed by atoms with Crippen molar-refractivity contribution in [2.24, 2.45) is 46.3 Å². The van der Waals surface area contributed by atoms with Gasteiger partial charge in [0.1, 0.15) is 0 Å². The zero-order chi connectivity index (χ0) is 28.9. The fraction of sp³-hybridized carbons (Fsp3) is 1.00. The maximum atomic E-state index is 11.7. The van der Waals surface area contributed by atoms with Crippen molar-refractivity contribution >= 4 is 10.3 Å². The zero-order valence-electron chi connectivity index (χ0n) is 27.6. The fourth-order valence-corrected chi connectivity index (χ4v) is 10.4. The van der Waals surface area contributed by atoms with Crippen molar-refractivity contribution in [3.8, 4) is 0 Å². The molecule has 230 valence electrons. The Balaban J connectivity index is 0.00000172. The molecule has 4 heteroatoms. The van der Waals surface area contributed by atoms with Crippen molar-refractivity contribution in [2.45, 2.75) is 149 Å². The lowest BCUT2D eigenvalue weighted by atomic mass is 9.43. The average Bonchev–Trinajstić information content (AvgIpc) is 3.62. The molecule has 5 aliphatic carbocycles. The first-order valence-corrected chi connectivity index (χ1v) is 19.3. The van der Waals surface area contributed by atoms with Gasteiger partial charge in [0.25, 0.3) is 0 Å². The molecule has 3 nitrogen and oxygen atoms in total. The topological polar surface area (TPSA) is 38.7 Å². The van der Waals surface area contributed by atoms with Crippen molar-refractivity contribution in [1.82, 2.24) is 0 Å². The Bertz CT molecular complexity index is 817. The Hall–Kier alpha value is 0.230. The van der Waals surface area contributed by atoms with Crippen molar-refractivity contribution in [1.29, 1.82) is 0 Å². The van der Waals surface area contributed by atoms with Gasteiger partial charge < -0.3 is 14.0 Å². The Kier molecular flexibility index (Phi) is 9.66. The molecule has 0 spiro atoms. The third-order valence-electron chi connectivity index (χ3n) is 13.1. The standard InChI is InChI=1S/C33H60O3S.C2H6/c1-30(2,3)37(7,8)36-20-15-24-11-12-26-29-27(13-16-32(24,26)5)33(6)18-17-31(4,22-25(33)21-28(29)34)35-19-14-23-9-10-23;1-2/h23-29,34H,9-22H2,1-8H3;1-2H3/t24?,25-,26?,27?,28?,29?,31?,32?,33?;/m0./s1. The van der Waals surface area contributed by atoms with Crippen LogP contribution in [-0.2, 0) is 8.92 Å². The molecule has 0 aromatic rings. The minimum atomic E-state index is -1.05. The van der Waals surface area contributed by atoms with Gasteiger partial charge in [-0.05, 0) is 130 Å². The highest BCUT2D eigenvalue weighted by molar-refractivity contribution is 8.29. The second kappa shape index (κ2) is 11.7. The van der Waals surface area contributed by atoms with Crippen molar-refractivity contribution in [2.75, 3.05) is 25.7 Å². The first-order chi connectivity index (χ1) is 18.2. The molecule has 1 N–H and O–H groups in total. The number of aliphatic hydroxyl groups is 1. The van der Waals surface area contributed by atoms with Crippen LogP contribution in [0.4, 0.5) is 0 Å². The summed E-state index contributed by atoms with van der Waals surface area (Å²) < 4.78 is 13.4. The van der Waals surface area contributed by atoms with Crippen molar-refractivity contribution in [3.63, 3.8) is 0 Å². The van der Waals surface area contributed by atoms with E-state index in [1.807, 2.05) is 13.8 Å². The number of ether oxygens (including phenoxy) is 1. The summed E-state index contributed by atoms with van der Waals surface area (Å²) in [5.74, 6) is 4.19. The molecule has 0 saturated heterocycles. The maximum Gasteiger partial charge on any atom is 0.0657 e. The van der Waals surface area contributed by atoms with Crippen LogP contribution < -0.4 is 0 Å². The third-order valence-corrected chi connectivity index (χ3v) is 16.8. The van der Waals surface area contributed by atoms with E-state index in [1.165, 1.54) is 64.2 Å². The summed E-state index contributed by atoms with van der Waals surface area (Å²) in [6.45, 7) is 20.4. The number of hydrogen-bond donors (Lipinski definition) is 1. The minimum absolute atomic E-state index is 0.0239. The van der Waals surface area contributed by atoms with Crippen molar-refractivity contribution in [3.05, 3.63) is 0 Å². The van der Waals surface area contributed by atoms with Crippen LogP contribution in [0.5, 0.6) is 0 Å². The summed E-state index contributed by atoms with van der Waals surface area (Å²) in [4.78, 5) is 0. The molecular weight excluding hydrogens is 500 g/mol. The van der Waals surface area contributed by atoms with Crippen molar-refractivity contribution < 1.29 is 14.0 Å². The van der Waals surface area contributed by atoms with Crippen LogP contribution >= 0.6 is 10.3 Å². The molecule has 5 aliphatic rings. The summed E-state index contributed by atoms with van der Waals surface area (Å²) in [6.07, 6.45) is 19.8. The lowest BCUT2D eigenvalue weighted by molar-refractivity contribution is -0.194. The summed E-state index contributed by atoms with van der Waals surface area (Å²) >= 11 is 0. The third kappa shape index (κ3) is 6.30. The van der Waals surface area contributed by atoms with Crippen LogP contribution in [0.2, 0.25) is 0 Å². The van der Waals surface area contributed by atoms with Gasteiger partial charge in [0.05, 0.1) is 18.3 Å². The van der Waals surface area contributed by atoms with E-state index in [4.69, 9.17) is 8.92 Å². The van der Waals surface area contributed by atoms with Crippen LogP contribution in [0.25, 0.3) is 0 Å². The van der Waals surface area contributed by atoms with Gasteiger partial charge in [0, 0.05) is 11.4 Å². The minimum Gasteiger partial charge on any atom is -0.393 e. The summed E-state index contributed by atoms with van der Waals surface area (Å²) in [5.41, 5.74) is 0.785. The molecule has 5 saturated carbocycles. The smallest absolute Gasteiger partial charge is 0.0657 e. The highest BCUT2D eigenvalue weighted by atomic mass is 32.3. The zero-order valence-corrected chi connectivity index (χ0v) is 28.4. The average molecular weight is 567 g/mol. The largest absolute Gasteiger partial charge is 0.393 e. The second-order valence-electron chi connectivity index (χ2n) is 16.3. The van der Waals surface area contributed by atoms with Gasteiger partial charge in [-0.15, -0.1) is 10.3 Å². The molecule has 8 unspecified atom stereocenters. The quantitative estimate of drug-likeness (QED) is 0.318. The van der Waals surface area contributed by atoms with Gasteiger partial charge in [-0.1, -0.05) is 61.3 Å². The lowest BCUT2D eigenvalue weighted by Gasteiger charge is -2.63. The molecule has 0 bridgehead atoms. The lowest BCUT2D eigenvalue weighted by Crippen LogP contribution is -2.59. The Morgan fingerprint density at radius 3 is 2.13 bits per heavy atom. The monoisotopic (exact) mass is 566 g/mol. The molecular formula is C35H66O3S.